The summed E-state index contributed by atoms with van der Waals surface area (Å²) >= 11 is 0. The lowest BCUT2D eigenvalue weighted by molar-refractivity contribution is 0.480. The Morgan fingerprint density at radius 1 is 0.778 bits per heavy atom. The van der Waals surface area contributed by atoms with Gasteiger partial charge in [-0.15, -0.1) is 0 Å². The van der Waals surface area contributed by atoms with Gasteiger partial charge in [0.1, 0.15) is 23.6 Å². The van der Waals surface area contributed by atoms with Crippen LogP contribution in [0.4, 0.5) is 5.82 Å². The van der Waals surface area contributed by atoms with Crippen LogP contribution in [0.3, 0.4) is 0 Å². The molecule has 0 bridgehead atoms. The number of nitrogens with zero attached hydrogens (tertiary/aromatic N) is 3. The molecular weight excluding hydrogens is 336 g/mol. The van der Waals surface area contributed by atoms with E-state index in [1.54, 1.807) is 18.7 Å². The molecule has 0 radical (unpaired) electrons. The Hall–Kier alpha value is -3.73. The molecule has 4 rings (SSSR count). The summed E-state index contributed by atoms with van der Waals surface area (Å²) in [5.41, 5.74) is 2.85. The van der Waals surface area contributed by atoms with Crippen LogP contribution < -0.4 is 10.1 Å². The highest BCUT2D eigenvalue weighted by atomic mass is 16.5. The van der Waals surface area contributed by atoms with Crippen molar-refractivity contribution in [3.8, 4) is 22.8 Å². The van der Waals surface area contributed by atoms with Gasteiger partial charge >= 0.3 is 0 Å². The summed E-state index contributed by atoms with van der Waals surface area (Å²) in [5, 5.41) is 3.32. The molecule has 4 aromatic rings. The van der Waals surface area contributed by atoms with E-state index in [2.05, 4.69) is 32.4 Å². The molecule has 0 aliphatic rings. The van der Waals surface area contributed by atoms with Gasteiger partial charge in [0.15, 0.2) is 0 Å². The number of benzene rings is 2. The molecule has 0 aliphatic carbocycles. The molecule has 2 heterocycles. The van der Waals surface area contributed by atoms with E-state index >= 15 is 0 Å². The van der Waals surface area contributed by atoms with Crippen molar-refractivity contribution in [1.29, 1.82) is 0 Å². The van der Waals surface area contributed by atoms with Gasteiger partial charge in [-0.3, -0.25) is 4.98 Å². The number of hydrogen-bond donors (Lipinski definition) is 1. The highest BCUT2D eigenvalue weighted by Crippen LogP contribution is 2.25. The molecule has 132 valence electrons. The van der Waals surface area contributed by atoms with Crippen molar-refractivity contribution in [3.63, 3.8) is 0 Å². The topological polar surface area (TPSA) is 59.9 Å². The van der Waals surface area contributed by atoms with Crippen molar-refractivity contribution in [2.24, 2.45) is 0 Å². The zero-order valence-electron chi connectivity index (χ0n) is 14.6. The minimum absolute atomic E-state index is 0.663. The van der Waals surface area contributed by atoms with Crippen molar-refractivity contribution in [3.05, 3.63) is 97.1 Å². The van der Waals surface area contributed by atoms with Crippen LogP contribution in [0.25, 0.3) is 11.3 Å². The van der Waals surface area contributed by atoms with Gasteiger partial charge in [0, 0.05) is 24.4 Å². The van der Waals surface area contributed by atoms with Crippen LogP contribution in [-0.2, 0) is 6.54 Å². The highest BCUT2D eigenvalue weighted by molar-refractivity contribution is 5.62. The first-order chi connectivity index (χ1) is 13.4. The van der Waals surface area contributed by atoms with Gasteiger partial charge in [0.2, 0.25) is 0 Å². The summed E-state index contributed by atoms with van der Waals surface area (Å²) in [6.07, 6.45) is 5.00. The largest absolute Gasteiger partial charge is 0.456 e. The van der Waals surface area contributed by atoms with Gasteiger partial charge in [-0.25, -0.2) is 9.97 Å². The second kappa shape index (κ2) is 8.10. The second-order valence-corrected chi connectivity index (χ2v) is 5.95. The molecule has 0 saturated heterocycles. The van der Waals surface area contributed by atoms with Gasteiger partial charge in [-0.1, -0.05) is 48.5 Å². The number of para-hydroxylation sites is 1. The maximum absolute atomic E-state index is 5.85. The van der Waals surface area contributed by atoms with Gasteiger partial charge in [-0.05, 0) is 23.8 Å². The molecule has 0 spiro atoms. The summed E-state index contributed by atoms with van der Waals surface area (Å²) in [4.78, 5) is 12.9. The van der Waals surface area contributed by atoms with Crippen LogP contribution in [0.2, 0.25) is 0 Å². The lowest BCUT2D eigenvalue weighted by Crippen LogP contribution is -2.02. The molecule has 0 fully saturated rings. The third-order valence-electron chi connectivity index (χ3n) is 3.97. The summed E-state index contributed by atoms with van der Waals surface area (Å²) in [5.74, 6) is 2.19. The van der Waals surface area contributed by atoms with Crippen molar-refractivity contribution in [2.45, 2.75) is 6.54 Å². The fraction of sp³-hybridized carbons (Fsp3) is 0.0455. The number of nitrogens with one attached hydrogen (secondary N) is 1. The fourth-order valence-corrected chi connectivity index (χ4v) is 2.64. The van der Waals surface area contributed by atoms with Crippen LogP contribution in [0, 0.1) is 0 Å². The first kappa shape index (κ1) is 16.7. The third kappa shape index (κ3) is 4.46. The molecular formula is C22H18N4O. The summed E-state index contributed by atoms with van der Waals surface area (Å²) in [7, 11) is 0. The van der Waals surface area contributed by atoms with Gasteiger partial charge in [-0.2, -0.15) is 0 Å². The molecule has 2 aromatic carbocycles. The molecule has 2 aromatic heterocycles. The average Bonchev–Trinajstić information content (AvgIpc) is 2.74. The van der Waals surface area contributed by atoms with Crippen molar-refractivity contribution in [1.82, 2.24) is 15.0 Å². The third-order valence-corrected chi connectivity index (χ3v) is 3.97. The lowest BCUT2D eigenvalue weighted by Gasteiger charge is -2.09. The standard InChI is InChI=1S/C22H18N4O/c1-3-7-17(8-4-1)13-24-22-12-21(25-16-26-22)18-11-20(15-23-14-18)27-19-9-5-2-6-10-19/h1-12,14-16H,13H2,(H,24,25,26). The predicted octanol–water partition coefficient (Wildman–Crippen LogP) is 4.94. The summed E-state index contributed by atoms with van der Waals surface area (Å²) < 4.78 is 5.85. The van der Waals surface area contributed by atoms with Gasteiger partial charge < -0.3 is 10.1 Å². The zero-order chi connectivity index (χ0) is 18.3. The van der Waals surface area contributed by atoms with E-state index < -0.39 is 0 Å². The van der Waals surface area contributed by atoms with E-state index in [0.717, 1.165) is 22.8 Å². The van der Waals surface area contributed by atoms with Crippen LogP contribution in [-0.4, -0.2) is 15.0 Å². The lowest BCUT2D eigenvalue weighted by atomic mass is 10.2. The SMILES string of the molecule is c1ccc(CNc2cc(-c3cncc(Oc4ccccc4)c3)ncn2)cc1. The molecule has 0 atom stereocenters. The fourth-order valence-electron chi connectivity index (χ4n) is 2.64. The van der Waals surface area contributed by atoms with E-state index in [-0.39, 0.29) is 0 Å². The van der Waals surface area contributed by atoms with Crippen LogP contribution in [0.15, 0.2) is 91.5 Å². The van der Waals surface area contributed by atoms with Crippen LogP contribution in [0.1, 0.15) is 5.56 Å². The summed E-state index contributed by atoms with van der Waals surface area (Å²) in [6, 6.07) is 23.6. The number of pyridine rings is 1. The van der Waals surface area contributed by atoms with E-state index in [9.17, 15) is 0 Å². The molecule has 0 aliphatic heterocycles. The van der Waals surface area contributed by atoms with E-state index in [4.69, 9.17) is 4.74 Å². The minimum Gasteiger partial charge on any atom is -0.456 e. The maximum atomic E-state index is 5.85. The van der Waals surface area contributed by atoms with Crippen LogP contribution >= 0.6 is 0 Å². The van der Waals surface area contributed by atoms with Gasteiger partial charge in [0.25, 0.3) is 0 Å². The second-order valence-electron chi connectivity index (χ2n) is 5.95. The Kier molecular flexibility index (Phi) is 5.02. The van der Waals surface area contributed by atoms with Crippen molar-refractivity contribution >= 4 is 5.82 Å². The normalized spacial score (nSPS) is 10.4. The zero-order valence-corrected chi connectivity index (χ0v) is 14.6. The molecule has 5 nitrogen and oxygen atoms in total. The Morgan fingerprint density at radius 3 is 2.37 bits per heavy atom. The monoisotopic (exact) mass is 354 g/mol. The van der Waals surface area contributed by atoms with E-state index in [1.165, 1.54) is 5.56 Å². The number of aromatic nitrogens is 3. The highest BCUT2D eigenvalue weighted by Gasteiger charge is 2.05. The Bertz CT molecular complexity index is 1010. The molecule has 0 saturated carbocycles. The molecule has 0 unspecified atom stereocenters. The Morgan fingerprint density at radius 2 is 1.56 bits per heavy atom. The van der Waals surface area contributed by atoms with E-state index in [1.807, 2.05) is 60.7 Å². The smallest absolute Gasteiger partial charge is 0.146 e. The molecule has 5 heteroatoms. The van der Waals surface area contributed by atoms with E-state index in [0.29, 0.717) is 12.3 Å². The number of ether oxygens (including phenoxy) is 1. The average molecular weight is 354 g/mol. The van der Waals surface area contributed by atoms with Crippen LogP contribution in [0.5, 0.6) is 11.5 Å². The molecule has 1 N–H and O–H groups in total. The number of hydrogen-bond acceptors (Lipinski definition) is 5. The number of anilines is 1. The Balaban J connectivity index is 1.50. The maximum Gasteiger partial charge on any atom is 0.146 e. The van der Waals surface area contributed by atoms with Crippen molar-refractivity contribution in [2.75, 3.05) is 5.32 Å². The first-order valence-electron chi connectivity index (χ1n) is 8.65. The Labute approximate surface area is 157 Å². The molecule has 27 heavy (non-hydrogen) atoms. The molecule has 0 amide bonds. The summed E-state index contributed by atoms with van der Waals surface area (Å²) in [6.45, 7) is 0.701. The minimum atomic E-state index is 0.663. The van der Waals surface area contributed by atoms with Crippen molar-refractivity contribution < 1.29 is 4.74 Å². The quantitative estimate of drug-likeness (QED) is 0.531. The van der Waals surface area contributed by atoms with Gasteiger partial charge in [0.05, 0.1) is 11.9 Å². The predicted molar refractivity (Wildman–Crippen MR) is 106 cm³/mol. The first-order valence-corrected chi connectivity index (χ1v) is 8.65. The number of rotatable bonds is 6.